The highest BCUT2D eigenvalue weighted by molar-refractivity contribution is 5.62. The van der Waals surface area contributed by atoms with Crippen LogP contribution in [0.15, 0.2) is 34.9 Å². The maximum absolute atomic E-state index is 6.06. The van der Waals surface area contributed by atoms with Crippen molar-refractivity contribution in [2.45, 2.75) is 18.9 Å². The third-order valence-electron chi connectivity index (χ3n) is 3.63. The Labute approximate surface area is 118 Å². The molecule has 2 aromatic rings. The first kappa shape index (κ1) is 13.0. The molecule has 2 heterocycles. The Morgan fingerprint density at radius 1 is 1.30 bits per heavy atom. The first-order chi connectivity index (χ1) is 9.70. The third-order valence-corrected chi connectivity index (χ3v) is 3.63. The summed E-state index contributed by atoms with van der Waals surface area (Å²) in [6.45, 7) is 2.17. The quantitative estimate of drug-likeness (QED) is 0.930. The van der Waals surface area contributed by atoms with E-state index in [9.17, 15) is 0 Å². The number of piperidine rings is 1. The summed E-state index contributed by atoms with van der Waals surface area (Å²) in [7, 11) is 2.14. The highest BCUT2D eigenvalue weighted by Gasteiger charge is 2.18. The summed E-state index contributed by atoms with van der Waals surface area (Å²) in [5.74, 6) is 1.19. The molecule has 0 saturated carbocycles. The van der Waals surface area contributed by atoms with Crippen LogP contribution in [0.1, 0.15) is 12.8 Å². The molecule has 1 aromatic carbocycles. The molecular weight excluding hydrogens is 254 g/mol. The van der Waals surface area contributed by atoms with Gasteiger partial charge in [-0.15, -0.1) is 0 Å². The van der Waals surface area contributed by atoms with Crippen LogP contribution < -0.4 is 10.5 Å². The van der Waals surface area contributed by atoms with Gasteiger partial charge in [0, 0.05) is 24.7 Å². The molecule has 0 unspecified atom stereocenters. The summed E-state index contributed by atoms with van der Waals surface area (Å²) in [5.41, 5.74) is 7.24. The number of likely N-dealkylation sites (tertiary alicyclic amines) is 1. The summed E-state index contributed by atoms with van der Waals surface area (Å²) in [6, 6.07) is 9.61. The van der Waals surface area contributed by atoms with E-state index < -0.39 is 0 Å². The zero-order valence-corrected chi connectivity index (χ0v) is 11.6. The summed E-state index contributed by atoms with van der Waals surface area (Å²) >= 11 is 0. The SMILES string of the molecule is CN1CCC(Oc2cccc(-c3cc(N)on3)c2)CC1. The van der Waals surface area contributed by atoms with Gasteiger partial charge in [0.25, 0.3) is 0 Å². The molecule has 0 spiro atoms. The predicted octanol–water partition coefficient (Wildman–Crippen LogP) is 2.40. The Balaban J connectivity index is 1.71. The first-order valence-corrected chi connectivity index (χ1v) is 6.88. The van der Waals surface area contributed by atoms with Crippen molar-refractivity contribution in [2.24, 2.45) is 0 Å². The number of aromatic nitrogens is 1. The van der Waals surface area contributed by atoms with Crippen molar-refractivity contribution < 1.29 is 9.26 Å². The number of nitrogen functional groups attached to an aromatic ring is 1. The van der Waals surface area contributed by atoms with Gasteiger partial charge in [-0.25, -0.2) is 0 Å². The Kier molecular flexibility index (Phi) is 3.60. The number of rotatable bonds is 3. The highest BCUT2D eigenvalue weighted by Crippen LogP contribution is 2.26. The normalized spacial score (nSPS) is 17.2. The first-order valence-electron chi connectivity index (χ1n) is 6.88. The van der Waals surface area contributed by atoms with Gasteiger partial charge in [-0.1, -0.05) is 17.3 Å². The zero-order valence-electron chi connectivity index (χ0n) is 11.6. The highest BCUT2D eigenvalue weighted by atomic mass is 16.5. The van der Waals surface area contributed by atoms with Gasteiger partial charge in [0.2, 0.25) is 5.88 Å². The number of nitrogens with zero attached hydrogens (tertiary/aromatic N) is 2. The van der Waals surface area contributed by atoms with Gasteiger partial charge in [-0.3, -0.25) is 0 Å². The second-order valence-electron chi connectivity index (χ2n) is 5.26. The molecule has 1 aliphatic heterocycles. The molecule has 1 aliphatic rings. The monoisotopic (exact) mass is 273 g/mol. The van der Waals surface area contributed by atoms with Gasteiger partial charge in [-0.05, 0) is 32.0 Å². The fraction of sp³-hybridized carbons (Fsp3) is 0.400. The van der Waals surface area contributed by atoms with Crippen molar-refractivity contribution in [3.63, 3.8) is 0 Å². The number of benzene rings is 1. The standard InChI is InChI=1S/C15H19N3O2/c1-18-7-5-12(6-8-18)19-13-4-2-3-11(9-13)14-10-15(16)20-17-14/h2-4,9-10,12H,5-8,16H2,1H3. The molecule has 0 radical (unpaired) electrons. The zero-order chi connectivity index (χ0) is 13.9. The van der Waals surface area contributed by atoms with Crippen molar-refractivity contribution >= 4 is 5.88 Å². The van der Waals surface area contributed by atoms with Crippen LogP contribution in [0.25, 0.3) is 11.3 Å². The molecule has 1 fully saturated rings. The van der Waals surface area contributed by atoms with Crippen LogP contribution in [0.4, 0.5) is 5.88 Å². The minimum atomic E-state index is 0.295. The largest absolute Gasteiger partial charge is 0.490 e. The molecule has 3 rings (SSSR count). The molecule has 20 heavy (non-hydrogen) atoms. The molecule has 1 saturated heterocycles. The van der Waals surface area contributed by atoms with Crippen molar-refractivity contribution in [2.75, 3.05) is 25.9 Å². The Morgan fingerprint density at radius 3 is 2.80 bits per heavy atom. The molecule has 0 atom stereocenters. The summed E-state index contributed by atoms with van der Waals surface area (Å²) in [4.78, 5) is 2.33. The van der Waals surface area contributed by atoms with E-state index >= 15 is 0 Å². The number of hydrogen-bond acceptors (Lipinski definition) is 5. The molecule has 0 aliphatic carbocycles. The third kappa shape index (κ3) is 2.93. The molecule has 5 nitrogen and oxygen atoms in total. The van der Waals surface area contributed by atoms with Crippen LogP contribution in [0, 0.1) is 0 Å². The second-order valence-corrected chi connectivity index (χ2v) is 5.26. The van der Waals surface area contributed by atoms with Crippen LogP contribution >= 0.6 is 0 Å². The van der Waals surface area contributed by atoms with E-state index in [2.05, 4.69) is 17.1 Å². The van der Waals surface area contributed by atoms with Crippen LogP contribution in [0.2, 0.25) is 0 Å². The van der Waals surface area contributed by atoms with Crippen molar-refractivity contribution in [1.82, 2.24) is 10.1 Å². The minimum absolute atomic E-state index is 0.295. The average Bonchev–Trinajstić information content (AvgIpc) is 2.89. The van der Waals surface area contributed by atoms with E-state index in [1.54, 1.807) is 6.07 Å². The molecular formula is C15H19N3O2. The molecule has 2 N–H and O–H groups in total. The van der Waals surface area contributed by atoms with Crippen LogP contribution in [-0.4, -0.2) is 36.3 Å². The Hall–Kier alpha value is -2.01. The number of ether oxygens (including phenoxy) is 1. The van der Waals surface area contributed by atoms with Crippen LogP contribution in [0.3, 0.4) is 0 Å². The molecule has 1 aromatic heterocycles. The van der Waals surface area contributed by atoms with E-state index in [0.29, 0.717) is 12.0 Å². The van der Waals surface area contributed by atoms with Gasteiger partial charge >= 0.3 is 0 Å². The van der Waals surface area contributed by atoms with E-state index in [1.165, 1.54) is 0 Å². The minimum Gasteiger partial charge on any atom is -0.490 e. The van der Waals surface area contributed by atoms with E-state index in [1.807, 2.05) is 24.3 Å². The lowest BCUT2D eigenvalue weighted by atomic mass is 10.1. The second kappa shape index (κ2) is 5.54. The van der Waals surface area contributed by atoms with Gasteiger partial charge < -0.3 is 19.9 Å². The maximum atomic E-state index is 6.06. The average molecular weight is 273 g/mol. The van der Waals surface area contributed by atoms with E-state index in [4.69, 9.17) is 15.0 Å². The van der Waals surface area contributed by atoms with Gasteiger partial charge in [-0.2, -0.15) is 0 Å². The fourth-order valence-electron chi connectivity index (χ4n) is 2.45. The van der Waals surface area contributed by atoms with Crippen molar-refractivity contribution in [3.05, 3.63) is 30.3 Å². The smallest absolute Gasteiger partial charge is 0.222 e. The molecule has 0 bridgehead atoms. The van der Waals surface area contributed by atoms with Crippen LogP contribution in [0.5, 0.6) is 5.75 Å². The maximum Gasteiger partial charge on any atom is 0.222 e. The summed E-state index contributed by atoms with van der Waals surface area (Å²) in [6.07, 6.45) is 2.43. The number of anilines is 1. The Bertz CT molecular complexity index is 574. The van der Waals surface area contributed by atoms with Crippen LogP contribution in [-0.2, 0) is 0 Å². The predicted molar refractivity (Wildman–Crippen MR) is 77.5 cm³/mol. The van der Waals surface area contributed by atoms with E-state index in [-0.39, 0.29) is 0 Å². The van der Waals surface area contributed by atoms with Crippen molar-refractivity contribution in [1.29, 1.82) is 0 Å². The lowest BCUT2D eigenvalue weighted by molar-refractivity contribution is 0.114. The van der Waals surface area contributed by atoms with Gasteiger partial charge in [0.1, 0.15) is 17.5 Å². The van der Waals surface area contributed by atoms with E-state index in [0.717, 1.165) is 42.9 Å². The fourth-order valence-corrected chi connectivity index (χ4v) is 2.45. The number of hydrogen-bond donors (Lipinski definition) is 1. The summed E-state index contributed by atoms with van der Waals surface area (Å²) in [5, 5.41) is 3.92. The molecule has 5 heteroatoms. The topological polar surface area (TPSA) is 64.5 Å². The molecule has 0 amide bonds. The number of nitrogens with two attached hydrogens (primary N) is 1. The molecule has 106 valence electrons. The lowest BCUT2D eigenvalue weighted by Gasteiger charge is -2.29. The lowest BCUT2D eigenvalue weighted by Crippen LogP contribution is -2.35. The van der Waals surface area contributed by atoms with Gasteiger partial charge in [0.15, 0.2) is 0 Å². The Morgan fingerprint density at radius 2 is 2.10 bits per heavy atom. The summed E-state index contributed by atoms with van der Waals surface area (Å²) < 4.78 is 11.0. The van der Waals surface area contributed by atoms with Gasteiger partial charge in [0.05, 0.1) is 0 Å². The van der Waals surface area contributed by atoms with Crippen molar-refractivity contribution in [3.8, 4) is 17.0 Å².